The molecule has 3 nitrogen and oxygen atoms in total. The third kappa shape index (κ3) is 2.53. The van der Waals surface area contributed by atoms with Crippen LogP contribution < -0.4 is 11.1 Å². The number of hydrogen-bond donors (Lipinski definition) is 2. The second kappa shape index (κ2) is 5.55. The Morgan fingerprint density at radius 1 is 1.28 bits per heavy atom. The fourth-order valence-electron chi connectivity index (χ4n) is 3.48. The van der Waals surface area contributed by atoms with Gasteiger partial charge in [-0.05, 0) is 38.5 Å². The zero-order valence-electron chi connectivity index (χ0n) is 11.2. The van der Waals surface area contributed by atoms with E-state index < -0.39 is 5.41 Å². The smallest absolute Gasteiger partial charge is 0.233 e. The van der Waals surface area contributed by atoms with Crippen molar-refractivity contribution in [3.63, 3.8) is 0 Å². The SMILES string of the molecule is CC(NC(=O)C1(C(N)=S)CCCC1)C1CCCC1. The summed E-state index contributed by atoms with van der Waals surface area (Å²) in [5.41, 5.74) is 5.28. The summed E-state index contributed by atoms with van der Waals surface area (Å²) in [6.07, 6.45) is 8.84. The Morgan fingerprint density at radius 2 is 1.83 bits per heavy atom. The molecule has 3 N–H and O–H groups in total. The van der Waals surface area contributed by atoms with Crippen molar-refractivity contribution >= 4 is 23.1 Å². The van der Waals surface area contributed by atoms with E-state index in [9.17, 15) is 4.79 Å². The van der Waals surface area contributed by atoms with Crippen LogP contribution in [0, 0.1) is 11.3 Å². The normalized spacial score (nSPS) is 24.9. The van der Waals surface area contributed by atoms with Crippen LogP contribution in [0.1, 0.15) is 58.3 Å². The first-order valence-corrected chi connectivity index (χ1v) is 7.58. The molecule has 2 aliphatic rings. The molecule has 0 radical (unpaired) electrons. The van der Waals surface area contributed by atoms with Crippen molar-refractivity contribution in [2.24, 2.45) is 17.1 Å². The Kier molecular flexibility index (Phi) is 4.25. The molecule has 18 heavy (non-hydrogen) atoms. The van der Waals surface area contributed by atoms with E-state index >= 15 is 0 Å². The van der Waals surface area contributed by atoms with E-state index in [-0.39, 0.29) is 11.9 Å². The van der Waals surface area contributed by atoms with E-state index in [0.717, 1.165) is 25.7 Å². The molecule has 0 saturated heterocycles. The summed E-state index contributed by atoms with van der Waals surface area (Å²) in [5, 5.41) is 3.18. The fourth-order valence-corrected chi connectivity index (χ4v) is 3.78. The number of rotatable bonds is 4. The summed E-state index contributed by atoms with van der Waals surface area (Å²) in [7, 11) is 0. The van der Waals surface area contributed by atoms with Gasteiger partial charge in [0.25, 0.3) is 0 Å². The summed E-state index contributed by atoms with van der Waals surface area (Å²) in [4.78, 5) is 12.9. The summed E-state index contributed by atoms with van der Waals surface area (Å²) >= 11 is 5.15. The minimum Gasteiger partial charge on any atom is -0.392 e. The van der Waals surface area contributed by atoms with E-state index in [1.165, 1.54) is 25.7 Å². The van der Waals surface area contributed by atoms with Crippen molar-refractivity contribution < 1.29 is 4.79 Å². The van der Waals surface area contributed by atoms with E-state index in [4.69, 9.17) is 18.0 Å². The van der Waals surface area contributed by atoms with Gasteiger partial charge in [0.15, 0.2) is 0 Å². The maximum absolute atomic E-state index is 12.5. The number of nitrogens with one attached hydrogen (secondary N) is 1. The molecule has 0 aromatic heterocycles. The van der Waals surface area contributed by atoms with Crippen molar-refractivity contribution in [2.75, 3.05) is 0 Å². The van der Waals surface area contributed by atoms with Crippen LogP contribution >= 0.6 is 12.2 Å². The van der Waals surface area contributed by atoms with Crippen molar-refractivity contribution in [2.45, 2.75) is 64.3 Å². The van der Waals surface area contributed by atoms with Crippen LogP contribution in [0.3, 0.4) is 0 Å². The maximum Gasteiger partial charge on any atom is 0.233 e. The molecule has 0 spiro atoms. The van der Waals surface area contributed by atoms with Gasteiger partial charge in [-0.1, -0.05) is 37.9 Å². The third-order valence-corrected chi connectivity index (χ3v) is 5.22. The third-order valence-electron chi connectivity index (χ3n) is 4.83. The van der Waals surface area contributed by atoms with E-state index in [1.807, 2.05) is 0 Å². The van der Waals surface area contributed by atoms with Crippen LogP contribution in [-0.2, 0) is 4.79 Å². The predicted octanol–water partition coefficient (Wildman–Crippen LogP) is 2.53. The number of carbonyl (C=O) groups is 1. The fraction of sp³-hybridized carbons (Fsp3) is 0.857. The molecule has 0 heterocycles. The maximum atomic E-state index is 12.5. The molecule has 1 atom stereocenters. The lowest BCUT2D eigenvalue weighted by Gasteiger charge is -2.30. The second-order valence-electron chi connectivity index (χ2n) is 5.96. The standard InChI is InChI=1S/C14H24N2OS/c1-10(11-6-2-3-7-11)16-13(17)14(12(15)18)8-4-5-9-14/h10-11H,2-9H2,1H3,(H2,15,18)(H,16,17). The molecular weight excluding hydrogens is 244 g/mol. The van der Waals surface area contributed by atoms with Crippen LogP contribution in [0.4, 0.5) is 0 Å². The van der Waals surface area contributed by atoms with Crippen LogP contribution in [0.15, 0.2) is 0 Å². The molecule has 4 heteroatoms. The van der Waals surface area contributed by atoms with E-state index in [1.54, 1.807) is 0 Å². The Morgan fingerprint density at radius 3 is 2.33 bits per heavy atom. The molecule has 2 rings (SSSR count). The number of nitrogens with two attached hydrogens (primary N) is 1. The quantitative estimate of drug-likeness (QED) is 0.770. The molecule has 2 saturated carbocycles. The van der Waals surface area contributed by atoms with E-state index in [2.05, 4.69) is 12.2 Å². The van der Waals surface area contributed by atoms with Gasteiger partial charge in [0.1, 0.15) is 0 Å². The molecule has 0 aromatic rings. The average Bonchev–Trinajstić information content (AvgIpc) is 3.01. The predicted molar refractivity (Wildman–Crippen MR) is 77.2 cm³/mol. The van der Waals surface area contributed by atoms with Crippen molar-refractivity contribution in [1.29, 1.82) is 0 Å². The largest absolute Gasteiger partial charge is 0.392 e. The highest BCUT2D eigenvalue weighted by molar-refractivity contribution is 7.80. The van der Waals surface area contributed by atoms with Crippen LogP contribution in [0.2, 0.25) is 0 Å². The lowest BCUT2D eigenvalue weighted by Crippen LogP contribution is -2.50. The molecule has 2 fully saturated rings. The van der Waals surface area contributed by atoms with Gasteiger partial charge in [-0.15, -0.1) is 0 Å². The van der Waals surface area contributed by atoms with Crippen LogP contribution in [0.25, 0.3) is 0 Å². The lowest BCUT2D eigenvalue weighted by atomic mass is 9.84. The van der Waals surface area contributed by atoms with Gasteiger partial charge >= 0.3 is 0 Å². The van der Waals surface area contributed by atoms with Crippen LogP contribution in [0.5, 0.6) is 0 Å². The van der Waals surface area contributed by atoms with E-state index in [0.29, 0.717) is 10.9 Å². The molecule has 1 unspecified atom stereocenters. The monoisotopic (exact) mass is 268 g/mol. The molecule has 2 aliphatic carbocycles. The summed E-state index contributed by atoms with van der Waals surface area (Å²) in [6.45, 7) is 2.12. The summed E-state index contributed by atoms with van der Waals surface area (Å²) < 4.78 is 0. The Balaban J connectivity index is 1.99. The van der Waals surface area contributed by atoms with Gasteiger partial charge in [-0.25, -0.2) is 0 Å². The highest BCUT2D eigenvalue weighted by Crippen LogP contribution is 2.39. The lowest BCUT2D eigenvalue weighted by molar-refractivity contribution is -0.128. The Bertz CT molecular complexity index is 331. The summed E-state index contributed by atoms with van der Waals surface area (Å²) in [5.74, 6) is 0.714. The summed E-state index contributed by atoms with van der Waals surface area (Å²) in [6, 6.07) is 0.256. The highest BCUT2D eigenvalue weighted by Gasteiger charge is 2.44. The second-order valence-corrected chi connectivity index (χ2v) is 6.40. The average molecular weight is 268 g/mol. The van der Waals surface area contributed by atoms with Gasteiger partial charge in [-0.2, -0.15) is 0 Å². The van der Waals surface area contributed by atoms with Gasteiger partial charge in [0.05, 0.1) is 10.4 Å². The Labute approximate surface area is 115 Å². The highest BCUT2D eigenvalue weighted by atomic mass is 32.1. The van der Waals surface area contributed by atoms with Crippen molar-refractivity contribution in [1.82, 2.24) is 5.32 Å². The van der Waals surface area contributed by atoms with Crippen LogP contribution in [-0.4, -0.2) is 16.9 Å². The molecule has 1 amide bonds. The number of hydrogen-bond acceptors (Lipinski definition) is 2. The van der Waals surface area contributed by atoms with Crippen molar-refractivity contribution in [3.8, 4) is 0 Å². The van der Waals surface area contributed by atoms with Gasteiger partial charge in [-0.3, -0.25) is 4.79 Å². The zero-order chi connectivity index (χ0) is 13.2. The van der Waals surface area contributed by atoms with Crippen molar-refractivity contribution in [3.05, 3.63) is 0 Å². The first-order valence-electron chi connectivity index (χ1n) is 7.17. The first-order chi connectivity index (χ1) is 8.56. The minimum absolute atomic E-state index is 0.0758. The van der Waals surface area contributed by atoms with Gasteiger partial charge < -0.3 is 11.1 Å². The minimum atomic E-state index is -0.553. The number of carbonyl (C=O) groups excluding carboxylic acids is 1. The molecule has 0 bridgehead atoms. The Hall–Kier alpha value is -0.640. The molecule has 102 valence electrons. The topological polar surface area (TPSA) is 55.1 Å². The first kappa shape index (κ1) is 13.8. The number of amides is 1. The molecule has 0 aromatic carbocycles. The van der Waals surface area contributed by atoms with Gasteiger partial charge in [0.2, 0.25) is 5.91 Å². The molecule has 0 aliphatic heterocycles. The molecular formula is C14H24N2OS. The zero-order valence-corrected chi connectivity index (χ0v) is 12.0. The number of thiocarbonyl (C=S) groups is 1. The van der Waals surface area contributed by atoms with Gasteiger partial charge in [0, 0.05) is 6.04 Å².